The van der Waals surface area contributed by atoms with E-state index < -0.39 is 22.1 Å². The molecule has 0 unspecified atom stereocenters. The third-order valence-electron chi connectivity index (χ3n) is 5.60. The summed E-state index contributed by atoms with van der Waals surface area (Å²) in [4.78, 5) is 22.3. The van der Waals surface area contributed by atoms with Crippen LogP contribution in [0.15, 0.2) is 12.1 Å². The van der Waals surface area contributed by atoms with Crippen molar-refractivity contribution in [2.75, 3.05) is 0 Å². The summed E-state index contributed by atoms with van der Waals surface area (Å²) in [6.07, 6.45) is 18.8. The molecule has 2 N–H and O–H groups in total. The SMILES string of the molecule is CCCCCCCCCCCCCCCCCC(=O)c1cc([N+](=O)[O-])c(O)cc1O. The number of ketones is 1. The number of carbonyl (C=O) groups is 1. The van der Waals surface area contributed by atoms with Crippen LogP contribution in [-0.4, -0.2) is 20.9 Å². The van der Waals surface area contributed by atoms with Crippen LogP contribution in [0.25, 0.3) is 0 Å². The lowest BCUT2D eigenvalue weighted by molar-refractivity contribution is -0.385. The third kappa shape index (κ3) is 10.6. The molecule has 1 aromatic carbocycles. The van der Waals surface area contributed by atoms with Gasteiger partial charge in [0, 0.05) is 18.6 Å². The summed E-state index contributed by atoms with van der Waals surface area (Å²) >= 11 is 0. The molecule has 0 radical (unpaired) electrons. The molecule has 170 valence electrons. The lowest BCUT2D eigenvalue weighted by Gasteiger charge is -2.06. The number of hydrogen-bond donors (Lipinski definition) is 2. The Morgan fingerprint density at radius 3 is 1.63 bits per heavy atom. The smallest absolute Gasteiger partial charge is 0.311 e. The van der Waals surface area contributed by atoms with Gasteiger partial charge in [-0.15, -0.1) is 0 Å². The van der Waals surface area contributed by atoms with Crippen LogP contribution in [0.1, 0.15) is 120 Å². The van der Waals surface area contributed by atoms with Crippen LogP contribution < -0.4 is 0 Å². The topological polar surface area (TPSA) is 101 Å². The molecule has 0 saturated carbocycles. The monoisotopic (exact) mass is 421 g/mol. The average Bonchev–Trinajstić information content (AvgIpc) is 2.70. The van der Waals surface area contributed by atoms with E-state index >= 15 is 0 Å². The van der Waals surface area contributed by atoms with Gasteiger partial charge in [-0.05, 0) is 6.42 Å². The van der Waals surface area contributed by atoms with Gasteiger partial charge in [-0.2, -0.15) is 0 Å². The van der Waals surface area contributed by atoms with Gasteiger partial charge < -0.3 is 10.2 Å². The summed E-state index contributed by atoms with van der Waals surface area (Å²) in [6, 6.07) is 1.82. The number of unbranched alkanes of at least 4 members (excludes halogenated alkanes) is 14. The first-order valence-electron chi connectivity index (χ1n) is 11.7. The van der Waals surface area contributed by atoms with E-state index in [0.717, 1.165) is 25.0 Å². The highest BCUT2D eigenvalue weighted by molar-refractivity contribution is 5.99. The Morgan fingerprint density at radius 2 is 1.20 bits per heavy atom. The number of phenolic OH excluding ortho intramolecular Hbond substituents is 2. The predicted molar refractivity (Wildman–Crippen MR) is 120 cm³/mol. The standard InChI is InChI=1S/C24H39NO5/c1-2-3-4-5-6-7-8-9-10-11-12-13-14-15-16-17-22(26)20-18-21(25(29)30)24(28)19-23(20)27/h18-19,27-28H,2-17H2,1H3. The van der Waals surface area contributed by atoms with Gasteiger partial charge in [-0.25, -0.2) is 0 Å². The van der Waals surface area contributed by atoms with Gasteiger partial charge in [-0.3, -0.25) is 14.9 Å². The minimum absolute atomic E-state index is 0.0927. The highest BCUT2D eigenvalue weighted by atomic mass is 16.6. The Kier molecular flexibility index (Phi) is 13.6. The molecule has 0 bridgehead atoms. The highest BCUT2D eigenvalue weighted by Crippen LogP contribution is 2.33. The maximum atomic E-state index is 12.2. The number of carbonyl (C=O) groups excluding carboxylic acids is 1. The van der Waals surface area contributed by atoms with Crippen molar-refractivity contribution in [2.24, 2.45) is 0 Å². The van der Waals surface area contributed by atoms with E-state index in [1.807, 2.05) is 0 Å². The summed E-state index contributed by atoms with van der Waals surface area (Å²) < 4.78 is 0. The molecule has 0 spiro atoms. The van der Waals surface area contributed by atoms with E-state index in [9.17, 15) is 25.1 Å². The van der Waals surface area contributed by atoms with Crippen molar-refractivity contribution in [1.29, 1.82) is 0 Å². The number of nitrogens with zero attached hydrogens (tertiary/aromatic N) is 1. The lowest BCUT2D eigenvalue weighted by Crippen LogP contribution is -2.01. The Labute approximate surface area is 180 Å². The number of hydrogen-bond acceptors (Lipinski definition) is 5. The fraction of sp³-hybridized carbons (Fsp3) is 0.708. The van der Waals surface area contributed by atoms with Gasteiger partial charge in [0.25, 0.3) is 0 Å². The van der Waals surface area contributed by atoms with E-state index in [-0.39, 0.29) is 17.8 Å². The molecule has 0 atom stereocenters. The first-order chi connectivity index (χ1) is 14.5. The molecule has 0 aromatic heterocycles. The maximum absolute atomic E-state index is 12.2. The minimum Gasteiger partial charge on any atom is -0.507 e. The molecule has 6 nitrogen and oxygen atoms in total. The van der Waals surface area contributed by atoms with Gasteiger partial charge in [0.05, 0.1) is 10.5 Å². The van der Waals surface area contributed by atoms with Gasteiger partial charge in [-0.1, -0.05) is 96.8 Å². The number of Topliss-reactive ketones (excluding diaryl/α,β-unsaturated/α-hetero) is 1. The fourth-order valence-corrected chi connectivity index (χ4v) is 3.73. The summed E-state index contributed by atoms with van der Waals surface area (Å²) in [6.45, 7) is 2.25. The van der Waals surface area contributed by atoms with E-state index in [0.29, 0.717) is 6.42 Å². The molecule has 0 saturated heterocycles. The van der Waals surface area contributed by atoms with Gasteiger partial charge >= 0.3 is 5.69 Å². The van der Waals surface area contributed by atoms with Gasteiger partial charge in [0.15, 0.2) is 11.5 Å². The van der Waals surface area contributed by atoms with Crippen LogP contribution in [-0.2, 0) is 0 Å². The number of nitro groups is 1. The molecule has 30 heavy (non-hydrogen) atoms. The number of nitro benzene ring substituents is 1. The van der Waals surface area contributed by atoms with Crippen molar-refractivity contribution in [3.8, 4) is 11.5 Å². The maximum Gasteiger partial charge on any atom is 0.311 e. The summed E-state index contributed by atoms with van der Waals surface area (Å²) in [5.74, 6) is -1.38. The summed E-state index contributed by atoms with van der Waals surface area (Å²) in [7, 11) is 0. The van der Waals surface area contributed by atoms with Crippen molar-refractivity contribution >= 4 is 11.5 Å². The molecular weight excluding hydrogens is 382 g/mol. The predicted octanol–water partition coefficient (Wildman–Crippen LogP) is 7.45. The van der Waals surface area contributed by atoms with E-state index in [1.165, 1.54) is 77.0 Å². The summed E-state index contributed by atoms with van der Waals surface area (Å²) in [5.41, 5.74) is -0.655. The second-order valence-corrected chi connectivity index (χ2v) is 8.24. The molecular formula is C24H39NO5. The molecule has 0 fully saturated rings. The van der Waals surface area contributed by atoms with E-state index in [2.05, 4.69) is 6.92 Å². The van der Waals surface area contributed by atoms with Crippen molar-refractivity contribution in [2.45, 2.75) is 110 Å². The molecule has 0 aliphatic heterocycles. The Morgan fingerprint density at radius 1 is 0.767 bits per heavy atom. The highest BCUT2D eigenvalue weighted by Gasteiger charge is 2.21. The van der Waals surface area contributed by atoms with E-state index in [4.69, 9.17) is 0 Å². The zero-order valence-corrected chi connectivity index (χ0v) is 18.5. The molecule has 0 heterocycles. The molecule has 1 aromatic rings. The molecule has 0 aliphatic rings. The molecule has 0 aliphatic carbocycles. The van der Waals surface area contributed by atoms with Crippen LogP contribution in [0, 0.1) is 10.1 Å². The minimum atomic E-state index is -0.765. The first kappa shape index (κ1) is 25.9. The average molecular weight is 422 g/mol. The van der Waals surface area contributed by atoms with Gasteiger partial charge in [0.2, 0.25) is 0 Å². The summed E-state index contributed by atoms with van der Waals surface area (Å²) in [5, 5.41) is 30.1. The Balaban J connectivity index is 2.05. The van der Waals surface area contributed by atoms with Crippen molar-refractivity contribution < 1.29 is 19.9 Å². The number of benzene rings is 1. The van der Waals surface area contributed by atoms with Crippen molar-refractivity contribution in [1.82, 2.24) is 0 Å². The zero-order chi connectivity index (χ0) is 22.2. The number of aromatic hydroxyl groups is 2. The Bertz CT molecular complexity index is 645. The second-order valence-electron chi connectivity index (χ2n) is 8.24. The molecule has 0 amide bonds. The van der Waals surface area contributed by atoms with Crippen molar-refractivity contribution in [3.05, 3.63) is 27.8 Å². The lowest BCUT2D eigenvalue weighted by atomic mass is 10.0. The van der Waals surface area contributed by atoms with Crippen LogP contribution in [0.4, 0.5) is 5.69 Å². The normalized spacial score (nSPS) is 11.0. The van der Waals surface area contributed by atoms with Crippen LogP contribution in [0.5, 0.6) is 11.5 Å². The third-order valence-corrected chi connectivity index (χ3v) is 5.60. The van der Waals surface area contributed by atoms with Crippen LogP contribution >= 0.6 is 0 Å². The largest absolute Gasteiger partial charge is 0.507 e. The molecule has 1 rings (SSSR count). The zero-order valence-electron chi connectivity index (χ0n) is 18.5. The Hall–Kier alpha value is -2.11. The van der Waals surface area contributed by atoms with Crippen LogP contribution in [0.2, 0.25) is 0 Å². The second kappa shape index (κ2) is 15.7. The van der Waals surface area contributed by atoms with E-state index in [1.54, 1.807) is 0 Å². The number of phenols is 2. The first-order valence-corrected chi connectivity index (χ1v) is 11.7. The van der Waals surface area contributed by atoms with Crippen molar-refractivity contribution in [3.63, 3.8) is 0 Å². The van der Waals surface area contributed by atoms with Crippen LogP contribution in [0.3, 0.4) is 0 Å². The fourth-order valence-electron chi connectivity index (χ4n) is 3.73. The van der Waals surface area contributed by atoms with Gasteiger partial charge in [0.1, 0.15) is 5.75 Å². The quantitative estimate of drug-likeness (QED) is 0.111. The number of rotatable bonds is 18. The molecule has 6 heteroatoms.